The van der Waals surface area contributed by atoms with E-state index >= 15 is 0 Å². The highest BCUT2D eigenvalue weighted by molar-refractivity contribution is 5.19. The first kappa shape index (κ1) is 11.6. The van der Waals surface area contributed by atoms with E-state index in [1.165, 1.54) is 12.1 Å². The van der Waals surface area contributed by atoms with Crippen LogP contribution in [0.15, 0.2) is 24.3 Å². The molecule has 0 aromatic heterocycles. The number of hydrogen-bond donors (Lipinski definition) is 1. The number of benzene rings is 1. The number of halogens is 1. The van der Waals surface area contributed by atoms with Crippen LogP contribution < -0.4 is 5.32 Å². The Bertz CT molecular complexity index is 319. The van der Waals surface area contributed by atoms with Gasteiger partial charge in [0.2, 0.25) is 0 Å². The lowest BCUT2D eigenvalue weighted by Gasteiger charge is -2.30. The molecule has 0 amide bonds. The average molecular weight is 223 g/mol. The third kappa shape index (κ3) is 2.60. The summed E-state index contributed by atoms with van der Waals surface area (Å²) in [6.07, 6.45) is 2.34. The number of rotatable bonds is 3. The predicted octanol–water partition coefficient (Wildman–Crippen LogP) is 2.51. The van der Waals surface area contributed by atoms with Crippen LogP contribution >= 0.6 is 0 Å². The minimum atomic E-state index is -0.191. The summed E-state index contributed by atoms with van der Waals surface area (Å²) in [5.74, 6) is 0.348. The van der Waals surface area contributed by atoms with E-state index in [2.05, 4.69) is 5.32 Å². The van der Waals surface area contributed by atoms with Crippen molar-refractivity contribution in [3.8, 4) is 0 Å². The number of piperidine rings is 1. The van der Waals surface area contributed by atoms with Crippen LogP contribution in [0.25, 0.3) is 0 Å². The fraction of sp³-hybridized carbons (Fsp3) is 0.538. The molecule has 1 fully saturated rings. The third-order valence-corrected chi connectivity index (χ3v) is 3.26. The van der Waals surface area contributed by atoms with Gasteiger partial charge in [0.1, 0.15) is 5.82 Å². The van der Waals surface area contributed by atoms with Crippen molar-refractivity contribution in [2.75, 3.05) is 20.2 Å². The van der Waals surface area contributed by atoms with Gasteiger partial charge >= 0.3 is 0 Å². The summed E-state index contributed by atoms with van der Waals surface area (Å²) in [6, 6.07) is 6.65. The molecule has 3 heteroatoms. The van der Waals surface area contributed by atoms with E-state index < -0.39 is 0 Å². The van der Waals surface area contributed by atoms with E-state index in [0.29, 0.717) is 5.92 Å². The molecule has 1 heterocycles. The highest BCUT2D eigenvalue weighted by atomic mass is 19.1. The Morgan fingerprint density at radius 1 is 1.25 bits per heavy atom. The van der Waals surface area contributed by atoms with E-state index in [-0.39, 0.29) is 11.9 Å². The normalized spacial score (nSPS) is 19.6. The van der Waals surface area contributed by atoms with Crippen molar-refractivity contribution < 1.29 is 9.13 Å². The van der Waals surface area contributed by atoms with Gasteiger partial charge in [-0.3, -0.25) is 0 Å². The lowest BCUT2D eigenvalue weighted by molar-refractivity contribution is 0.0382. The highest BCUT2D eigenvalue weighted by Gasteiger charge is 2.24. The molecule has 1 atom stereocenters. The number of nitrogens with one attached hydrogen (secondary N) is 1. The van der Waals surface area contributed by atoms with Gasteiger partial charge in [0.25, 0.3) is 0 Å². The van der Waals surface area contributed by atoms with Crippen molar-refractivity contribution in [3.63, 3.8) is 0 Å². The molecule has 88 valence electrons. The fourth-order valence-corrected chi connectivity index (χ4v) is 2.40. The molecule has 1 saturated heterocycles. The summed E-state index contributed by atoms with van der Waals surface area (Å²) in [4.78, 5) is 0. The minimum absolute atomic E-state index is 0.0997. The second-order valence-corrected chi connectivity index (χ2v) is 4.30. The molecule has 0 spiro atoms. The molecule has 16 heavy (non-hydrogen) atoms. The van der Waals surface area contributed by atoms with Gasteiger partial charge in [-0.05, 0) is 49.5 Å². The van der Waals surface area contributed by atoms with Crippen molar-refractivity contribution in [1.29, 1.82) is 0 Å². The molecule has 1 N–H and O–H groups in total. The molecule has 0 aliphatic carbocycles. The van der Waals surface area contributed by atoms with Crippen LogP contribution in [-0.4, -0.2) is 20.2 Å². The van der Waals surface area contributed by atoms with E-state index in [1.807, 2.05) is 12.1 Å². The second kappa shape index (κ2) is 5.41. The highest BCUT2D eigenvalue weighted by Crippen LogP contribution is 2.31. The molecule has 1 aromatic rings. The zero-order valence-corrected chi connectivity index (χ0v) is 9.58. The van der Waals surface area contributed by atoms with Crippen LogP contribution in [0, 0.1) is 11.7 Å². The van der Waals surface area contributed by atoms with Gasteiger partial charge in [0.15, 0.2) is 0 Å². The predicted molar refractivity (Wildman–Crippen MR) is 61.7 cm³/mol. The van der Waals surface area contributed by atoms with Gasteiger partial charge in [-0.25, -0.2) is 4.39 Å². The number of methoxy groups -OCH3 is 1. The SMILES string of the molecule is CO[C@H](c1ccc(F)cc1)C1CCNCC1. The van der Waals surface area contributed by atoms with Crippen molar-refractivity contribution in [1.82, 2.24) is 5.32 Å². The zero-order valence-electron chi connectivity index (χ0n) is 9.58. The van der Waals surface area contributed by atoms with Gasteiger partial charge in [-0.15, -0.1) is 0 Å². The van der Waals surface area contributed by atoms with Crippen molar-refractivity contribution in [2.45, 2.75) is 18.9 Å². The first-order valence-corrected chi connectivity index (χ1v) is 5.80. The molecular formula is C13H18FNO. The molecule has 1 aliphatic rings. The lowest BCUT2D eigenvalue weighted by atomic mass is 9.88. The first-order valence-electron chi connectivity index (χ1n) is 5.80. The first-order chi connectivity index (χ1) is 7.81. The summed E-state index contributed by atoms with van der Waals surface area (Å²) in [7, 11) is 1.73. The topological polar surface area (TPSA) is 21.3 Å². The smallest absolute Gasteiger partial charge is 0.123 e. The largest absolute Gasteiger partial charge is 0.376 e. The lowest BCUT2D eigenvalue weighted by Crippen LogP contribution is -2.31. The van der Waals surface area contributed by atoms with Gasteiger partial charge in [-0.1, -0.05) is 12.1 Å². The van der Waals surface area contributed by atoms with Crippen LogP contribution in [0.4, 0.5) is 4.39 Å². The Kier molecular flexibility index (Phi) is 3.91. The molecule has 2 rings (SSSR count). The summed E-state index contributed by atoms with van der Waals surface area (Å²) in [5.41, 5.74) is 1.08. The fourth-order valence-electron chi connectivity index (χ4n) is 2.40. The molecule has 2 nitrogen and oxygen atoms in total. The standard InChI is InChI=1S/C13H18FNO/c1-16-13(11-6-8-15-9-7-11)10-2-4-12(14)5-3-10/h2-5,11,13,15H,6-9H2,1H3/t13-/m1/s1. The average Bonchev–Trinajstić information content (AvgIpc) is 2.34. The van der Waals surface area contributed by atoms with Crippen LogP contribution in [-0.2, 0) is 4.74 Å². The monoisotopic (exact) mass is 223 g/mol. The van der Waals surface area contributed by atoms with Gasteiger partial charge < -0.3 is 10.1 Å². The van der Waals surface area contributed by atoms with Gasteiger partial charge in [0, 0.05) is 7.11 Å². The summed E-state index contributed by atoms with van der Waals surface area (Å²) < 4.78 is 18.4. The maximum atomic E-state index is 12.8. The summed E-state index contributed by atoms with van der Waals surface area (Å²) in [5, 5.41) is 3.34. The summed E-state index contributed by atoms with van der Waals surface area (Å²) >= 11 is 0. The number of hydrogen-bond acceptors (Lipinski definition) is 2. The minimum Gasteiger partial charge on any atom is -0.376 e. The van der Waals surface area contributed by atoms with E-state index in [9.17, 15) is 4.39 Å². The van der Waals surface area contributed by atoms with Crippen molar-refractivity contribution >= 4 is 0 Å². The third-order valence-electron chi connectivity index (χ3n) is 3.26. The van der Waals surface area contributed by atoms with Crippen molar-refractivity contribution in [2.24, 2.45) is 5.92 Å². The Morgan fingerprint density at radius 3 is 2.44 bits per heavy atom. The molecule has 0 saturated carbocycles. The Morgan fingerprint density at radius 2 is 1.88 bits per heavy atom. The van der Waals surface area contributed by atoms with E-state index in [0.717, 1.165) is 31.5 Å². The molecule has 1 aromatic carbocycles. The van der Waals surface area contributed by atoms with Crippen LogP contribution in [0.2, 0.25) is 0 Å². The maximum absolute atomic E-state index is 12.8. The van der Waals surface area contributed by atoms with Crippen LogP contribution in [0.1, 0.15) is 24.5 Å². The molecule has 0 bridgehead atoms. The quantitative estimate of drug-likeness (QED) is 0.850. The molecule has 0 radical (unpaired) electrons. The van der Waals surface area contributed by atoms with E-state index in [1.54, 1.807) is 7.11 Å². The van der Waals surface area contributed by atoms with E-state index in [4.69, 9.17) is 4.74 Å². The Labute approximate surface area is 95.8 Å². The van der Waals surface area contributed by atoms with Crippen LogP contribution in [0.5, 0.6) is 0 Å². The van der Waals surface area contributed by atoms with Crippen molar-refractivity contribution in [3.05, 3.63) is 35.6 Å². The Hall–Kier alpha value is -0.930. The number of ether oxygens (including phenoxy) is 1. The van der Waals surface area contributed by atoms with Gasteiger partial charge in [-0.2, -0.15) is 0 Å². The molecular weight excluding hydrogens is 205 g/mol. The molecule has 0 unspecified atom stereocenters. The summed E-state index contributed by atoms with van der Waals surface area (Å²) in [6.45, 7) is 2.09. The second-order valence-electron chi connectivity index (χ2n) is 4.30. The molecule has 1 aliphatic heterocycles. The zero-order chi connectivity index (χ0) is 11.4. The van der Waals surface area contributed by atoms with Crippen LogP contribution in [0.3, 0.4) is 0 Å². The maximum Gasteiger partial charge on any atom is 0.123 e. The Balaban J connectivity index is 2.11. The van der Waals surface area contributed by atoms with Gasteiger partial charge in [0.05, 0.1) is 6.10 Å².